The van der Waals surface area contributed by atoms with Gasteiger partial charge in [0.05, 0.1) is 24.8 Å². The van der Waals surface area contributed by atoms with E-state index in [1.165, 1.54) is 25.5 Å². The molecule has 8 heteroatoms. The Labute approximate surface area is 164 Å². The number of sulfone groups is 1. The summed E-state index contributed by atoms with van der Waals surface area (Å²) in [5, 5.41) is 2.98. The van der Waals surface area contributed by atoms with Crippen molar-refractivity contribution in [1.29, 1.82) is 0 Å². The van der Waals surface area contributed by atoms with Gasteiger partial charge in [0.2, 0.25) is 0 Å². The van der Waals surface area contributed by atoms with E-state index >= 15 is 0 Å². The molecule has 1 aromatic heterocycles. The Morgan fingerprint density at radius 3 is 2.86 bits per heavy atom. The fourth-order valence-electron chi connectivity index (χ4n) is 2.52. The average molecular weight is 406 g/mol. The van der Waals surface area contributed by atoms with Gasteiger partial charge in [-0.25, -0.2) is 17.8 Å². The standard InChI is InChI=1S/C20H23FN2O4S/c1-5-18(26-3)17(11-14(2)13-28(4,24)25)23-20-22-12-19(27-20)15-7-6-8-16(21)10-9-15/h5-6,8-12H,2,7,13H2,1,3-4H3,(H,22,23)/b17-11+,18-5+. The third-order valence-corrected chi connectivity index (χ3v) is 4.56. The summed E-state index contributed by atoms with van der Waals surface area (Å²) in [6.07, 6.45) is 12.5. The Balaban J connectivity index is 2.27. The minimum Gasteiger partial charge on any atom is -0.495 e. The van der Waals surface area contributed by atoms with Gasteiger partial charge in [0.25, 0.3) is 6.01 Å². The van der Waals surface area contributed by atoms with Crippen molar-refractivity contribution in [3.8, 4) is 0 Å². The van der Waals surface area contributed by atoms with Crippen molar-refractivity contribution in [1.82, 2.24) is 4.98 Å². The van der Waals surface area contributed by atoms with Crippen molar-refractivity contribution in [2.45, 2.75) is 13.3 Å². The van der Waals surface area contributed by atoms with Crippen LogP contribution < -0.4 is 5.32 Å². The molecule has 0 aromatic carbocycles. The number of anilines is 1. The number of halogens is 1. The highest BCUT2D eigenvalue weighted by Crippen LogP contribution is 2.26. The smallest absolute Gasteiger partial charge is 0.299 e. The van der Waals surface area contributed by atoms with Gasteiger partial charge < -0.3 is 14.5 Å². The highest BCUT2D eigenvalue weighted by Gasteiger charge is 2.14. The zero-order chi connectivity index (χ0) is 20.7. The van der Waals surface area contributed by atoms with Crippen LogP contribution in [-0.2, 0) is 14.6 Å². The van der Waals surface area contributed by atoms with Crippen LogP contribution in [0, 0.1) is 0 Å². The maximum Gasteiger partial charge on any atom is 0.299 e. The highest BCUT2D eigenvalue weighted by molar-refractivity contribution is 7.90. The molecule has 0 radical (unpaired) electrons. The number of hydrogen-bond acceptors (Lipinski definition) is 6. The molecule has 1 aliphatic carbocycles. The zero-order valence-corrected chi connectivity index (χ0v) is 16.8. The fourth-order valence-corrected chi connectivity index (χ4v) is 3.27. The fraction of sp³-hybridized carbons (Fsp3) is 0.250. The Kier molecular flexibility index (Phi) is 7.17. The van der Waals surface area contributed by atoms with Crippen LogP contribution >= 0.6 is 0 Å². The molecular formula is C20H23FN2O4S. The van der Waals surface area contributed by atoms with Gasteiger partial charge in [-0.1, -0.05) is 18.7 Å². The van der Waals surface area contributed by atoms with Crippen LogP contribution in [0.2, 0.25) is 0 Å². The van der Waals surface area contributed by atoms with Crippen LogP contribution in [-0.4, -0.2) is 32.5 Å². The zero-order valence-electron chi connectivity index (χ0n) is 16.0. The third-order valence-electron chi connectivity index (χ3n) is 3.67. The normalized spacial score (nSPS) is 15.6. The number of oxazole rings is 1. The van der Waals surface area contributed by atoms with Crippen LogP contribution in [0.5, 0.6) is 0 Å². The molecule has 2 rings (SSSR count). The molecule has 0 fully saturated rings. The van der Waals surface area contributed by atoms with Gasteiger partial charge >= 0.3 is 0 Å². The number of rotatable bonds is 8. The topological polar surface area (TPSA) is 81.4 Å². The van der Waals surface area contributed by atoms with E-state index in [2.05, 4.69) is 16.9 Å². The van der Waals surface area contributed by atoms with Crippen molar-refractivity contribution in [2.24, 2.45) is 0 Å². The second kappa shape index (κ2) is 9.36. The van der Waals surface area contributed by atoms with Gasteiger partial charge in [-0.2, -0.15) is 0 Å². The molecule has 0 spiro atoms. The maximum atomic E-state index is 13.3. The summed E-state index contributed by atoms with van der Waals surface area (Å²) in [7, 11) is -1.73. The van der Waals surface area contributed by atoms with Crippen LogP contribution in [0.3, 0.4) is 0 Å². The van der Waals surface area contributed by atoms with E-state index in [9.17, 15) is 12.8 Å². The van der Waals surface area contributed by atoms with Crippen molar-refractivity contribution in [3.05, 3.63) is 77.8 Å². The molecule has 0 unspecified atom stereocenters. The molecule has 1 aromatic rings. The van der Waals surface area contributed by atoms with Crippen LogP contribution in [0.1, 0.15) is 19.1 Å². The van der Waals surface area contributed by atoms with Gasteiger partial charge in [0, 0.05) is 11.8 Å². The lowest BCUT2D eigenvalue weighted by molar-refractivity contribution is 0.300. The van der Waals surface area contributed by atoms with Gasteiger partial charge in [-0.05, 0) is 43.2 Å². The molecule has 1 heterocycles. The van der Waals surface area contributed by atoms with E-state index in [1.807, 2.05) is 0 Å². The molecule has 150 valence electrons. The van der Waals surface area contributed by atoms with E-state index < -0.39 is 9.84 Å². The van der Waals surface area contributed by atoms with Crippen molar-refractivity contribution in [2.75, 3.05) is 24.4 Å². The Morgan fingerprint density at radius 1 is 1.46 bits per heavy atom. The first-order chi connectivity index (χ1) is 13.2. The van der Waals surface area contributed by atoms with Gasteiger partial charge in [0.15, 0.2) is 15.6 Å². The lowest BCUT2D eigenvalue weighted by atomic mass is 10.1. The van der Waals surface area contributed by atoms with E-state index in [4.69, 9.17) is 9.15 Å². The summed E-state index contributed by atoms with van der Waals surface area (Å²) < 4.78 is 47.3. The number of ether oxygens (including phenoxy) is 1. The molecule has 0 saturated carbocycles. The SMILES string of the molecule is C=C(/C=C(Nc1ncc(C2=CC=C(F)C=CC2)o1)\C(=C/C)OC)CS(C)(=O)=O. The number of aromatic nitrogens is 1. The largest absolute Gasteiger partial charge is 0.495 e. The Hall–Kier alpha value is -2.87. The average Bonchev–Trinajstić information content (AvgIpc) is 2.94. The number of hydrogen-bond donors (Lipinski definition) is 1. The quantitative estimate of drug-likeness (QED) is 0.512. The molecule has 1 aliphatic rings. The molecule has 0 amide bonds. The van der Waals surface area contributed by atoms with Crippen LogP contribution in [0.4, 0.5) is 10.4 Å². The molecule has 0 atom stereocenters. The first-order valence-corrected chi connectivity index (χ1v) is 10.5. The predicted octanol–water partition coefficient (Wildman–Crippen LogP) is 4.32. The summed E-state index contributed by atoms with van der Waals surface area (Å²) in [4.78, 5) is 4.19. The van der Waals surface area contributed by atoms with Crippen LogP contribution in [0.25, 0.3) is 5.57 Å². The summed E-state index contributed by atoms with van der Waals surface area (Å²) >= 11 is 0. The molecule has 28 heavy (non-hydrogen) atoms. The number of nitrogens with one attached hydrogen (secondary N) is 1. The summed E-state index contributed by atoms with van der Waals surface area (Å²) in [5.41, 5.74) is 1.60. The maximum absolute atomic E-state index is 13.3. The van der Waals surface area contributed by atoms with E-state index in [1.54, 1.807) is 31.2 Å². The predicted molar refractivity (Wildman–Crippen MR) is 109 cm³/mol. The summed E-state index contributed by atoms with van der Waals surface area (Å²) in [6, 6.07) is 0.184. The van der Waals surface area contributed by atoms with Gasteiger partial charge in [0.1, 0.15) is 11.6 Å². The lowest BCUT2D eigenvalue weighted by Gasteiger charge is -2.12. The van der Waals surface area contributed by atoms with Crippen molar-refractivity contribution < 1.29 is 22.0 Å². The molecule has 6 nitrogen and oxygen atoms in total. The first kappa shape index (κ1) is 21.4. The molecule has 1 N–H and O–H groups in total. The highest BCUT2D eigenvalue weighted by atomic mass is 32.2. The number of nitrogens with zero attached hydrogens (tertiary/aromatic N) is 1. The van der Waals surface area contributed by atoms with Gasteiger partial charge in [-0.15, -0.1) is 0 Å². The minimum atomic E-state index is -3.22. The Morgan fingerprint density at radius 2 is 2.21 bits per heavy atom. The number of allylic oxidation sites excluding steroid dienone is 8. The molecule has 0 aliphatic heterocycles. The summed E-state index contributed by atoms with van der Waals surface area (Å²) in [5.74, 6) is 0.440. The van der Waals surface area contributed by atoms with Crippen molar-refractivity contribution in [3.63, 3.8) is 0 Å². The van der Waals surface area contributed by atoms with Crippen LogP contribution in [0.15, 0.2) is 76.5 Å². The molecule has 0 saturated heterocycles. The van der Waals surface area contributed by atoms with E-state index in [0.29, 0.717) is 29.2 Å². The summed E-state index contributed by atoms with van der Waals surface area (Å²) in [6.45, 7) is 5.56. The second-order valence-corrected chi connectivity index (χ2v) is 8.29. The second-order valence-electron chi connectivity index (χ2n) is 6.15. The van der Waals surface area contributed by atoms with E-state index in [0.717, 1.165) is 11.8 Å². The molecular weight excluding hydrogens is 383 g/mol. The molecule has 0 bridgehead atoms. The Bertz CT molecular complexity index is 995. The van der Waals surface area contributed by atoms with Crippen molar-refractivity contribution >= 4 is 21.4 Å². The lowest BCUT2D eigenvalue weighted by Crippen LogP contribution is -2.08. The van der Waals surface area contributed by atoms with Gasteiger partial charge in [-0.3, -0.25) is 0 Å². The minimum absolute atomic E-state index is 0.184. The first-order valence-electron chi connectivity index (χ1n) is 8.46. The monoisotopic (exact) mass is 406 g/mol. The number of methoxy groups -OCH3 is 1. The van der Waals surface area contributed by atoms with E-state index in [-0.39, 0.29) is 17.6 Å². The third kappa shape index (κ3) is 6.38.